The Morgan fingerprint density at radius 1 is 1.28 bits per heavy atom. The van der Waals surface area contributed by atoms with Crippen LogP contribution in [-0.4, -0.2) is 34.2 Å². The highest BCUT2D eigenvalue weighted by Crippen LogP contribution is 2.26. The van der Waals surface area contributed by atoms with E-state index in [9.17, 15) is 14.9 Å². The third-order valence-electron chi connectivity index (χ3n) is 5.42. The standard InChI is InChI=1S/C22H27N3O4/c1-17(18-8-6-11-20(14-18)25(27)28)23(2)16-22(26)24(15-21-12-7-13-29-21)19-9-4-3-5-10-19/h6-9,11-14,17H,3-5,10,15-16H2,1-2H3. The monoisotopic (exact) mass is 397 g/mol. The van der Waals surface area contributed by atoms with Gasteiger partial charge in [0.2, 0.25) is 5.91 Å². The molecular formula is C22H27N3O4. The third kappa shape index (κ3) is 5.32. The van der Waals surface area contributed by atoms with Crippen molar-refractivity contribution in [3.05, 3.63) is 75.9 Å². The number of carbonyl (C=O) groups excluding carboxylic acids is 1. The fourth-order valence-electron chi connectivity index (χ4n) is 3.56. The molecule has 29 heavy (non-hydrogen) atoms. The van der Waals surface area contributed by atoms with Crippen LogP contribution in [0.5, 0.6) is 0 Å². The van der Waals surface area contributed by atoms with Crippen molar-refractivity contribution in [3.8, 4) is 0 Å². The first-order chi connectivity index (χ1) is 14.0. The number of amides is 1. The van der Waals surface area contributed by atoms with Gasteiger partial charge in [0.05, 0.1) is 24.3 Å². The van der Waals surface area contributed by atoms with Crippen LogP contribution in [0.25, 0.3) is 0 Å². The predicted molar refractivity (Wildman–Crippen MR) is 110 cm³/mol. The Morgan fingerprint density at radius 2 is 2.10 bits per heavy atom. The van der Waals surface area contributed by atoms with Gasteiger partial charge >= 0.3 is 0 Å². The van der Waals surface area contributed by atoms with Gasteiger partial charge in [0.25, 0.3) is 5.69 Å². The molecule has 2 aromatic rings. The Hall–Kier alpha value is -2.93. The van der Waals surface area contributed by atoms with Gasteiger partial charge in [-0.3, -0.25) is 19.8 Å². The SMILES string of the molecule is CC(c1cccc([N+](=O)[O-])c1)N(C)CC(=O)N(Cc1ccco1)C1=CCCCC1. The van der Waals surface area contributed by atoms with Crippen molar-refractivity contribution >= 4 is 11.6 Å². The Balaban J connectivity index is 1.73. The van der Waals surface area contributed by atoms with Crippen LogP contribution in [-0.2, 0) is 11.3 Å². The minimum atomic E-state index is -0.401. The van der Waals surface area contributed by atoms with Crippen molar-refractivity contribution in [2.24, 2.45) is 0 Å². The van der Waals surface area contributed by atoms with Gasteiger partial charge in [0, 0.05) is 23.9 Å². The van der Waals surface area contributed by atoms with Crippen molar-refractivity contribution in [1.82, 2.24) is 9.80 Å². The van der Waals surface area contributed by atoms with Crippen LogP contribution in [0.2, 0.25) is 0 Å². The topological polar surface area (TPSA) is 79.8 Å². The number of hydrogen-bond donors (Lipinski definition) is 0. The van der Waals surface area contributed by atoms with E-state index in [1.54, 1.807) is 18.4 Å². The molecule has 3 rings (SSSR count). The number of nitro benzene ring substituents is 1. The quantitative estimate of drug-likeness (QED) is 0.478. The fraction of sp³-hybridized carbons (Fsp3) is 0.409. The van der Waals surface area contributed by atoms with E-state index < -0.39 is 4.92 Å². The summed E-state index contributed by atoms with van der Waals surface area (Å²) in [5.41, 5.74) is 1.92. The molecule has 1 aromatic carbocycles. The van der Waals surface area contributed by atoms with Gasteiger partial charge in [0.1, 0.15) is 5.76 Å². The molecule has 7 nitrogen and oxygen atoms in total. The third-order valence-corrected chi connectivity index (χ3v) is 5.42. The summed E-state index contributed by atoms with van der Waals surface area (Å²) >= 11 is 0. The number of nitro groups is 1. The lowest BCUT2D eigenvalue weighted by Crippen LogP contribution is -2.39. The van der Waals surface area contributed by atoms with E-state index in [1.807, 2.05) is 42.0 Å². The zero-order valence-corrected chi connectivity index (χ0v) is 16.9. The van der Waals surface area contributed by atoms with Crippen molar-refractivity contribution in [1.29, 1.82) is 0 Å². The first-order valence-electron chi connectivity index (χ1n) is 9.92. The molecule has 1 heterocycles. The molecule has 1 unspecified atom stereocenters. The Morgan fingerprint density at radius 3 is 2.76 bits per heavy atom. The van der Waals surface area contributed by atoms with E-state index in [0.29, 0.717) is 6.54 Å². The largest absolute Gasteiger partial charge is 0.467 e. The van der Waals surface area contributed by atoms with Gasteiger partial charge in [-0.15, -0.1) is 0 Å². The number of carbonyl (C=O) groups is 1. The molecule has 0 N–H and O–H groups in total. The zero-order valence-electron chi connectivity index (χ0n) is 16.9. The van der Waals surface area contributed by atoms with E-state index in [4.69, 9.17) is 4.42 Å². The Kier molecular flexibility index (Phi) is 6.82. The minimum absolute atomic E-state index is 0.00525. The highest BCUT2D eigenvalue weighted by atomic mass is 16.6. The van der Waals surface area contributed by atoms with Gasteiger partial charge in [0.15, 0.2) is 0 Å². The van der Waals surface area contributed by atoms with Crippen LogP contribution in [0.3, 0.4) is 0 Å². The molecule has 0 fully saturated rings. The van der Waals surface area contributed by atoms with E-state index in [2.05, 4.69) is 6.08 Å². The maximum absolute atomic E-state index is 13.2. The number of hydrogen-bond acceptors (Lipinski definition) is 5. The molecule has 0 aliphatic heterocycles. The van der Waals surface area contributed by atoms with Gasteiger partial charge < -0.3 is 9.32 Å². The predicted octanol–water partition coefficient (Wildman–Crippen LogP) is 4.67. The highest BCUT2D eigenvalue weighted by molar-refractivity contribution is 5.80. The van der Waals surface area contributed by atoms with Gasteiger partial charge in [-0.1, -0.05) is 18.2 Å². The normalized spacial score (nSPS) is 15.1. The van der Waals surface area contributed by atoms with E-state index in [1.165, 1.54) is 6.07 Å². The van der Waals surface area contributed by atoms with Crippen LogP contribution in [0, 0.1) is 10.1 Å². The number of allylic oxidation sites excluding steroid dienone is 2. The molecule has 0 spiro atoms. The highest BCUT2D eigenvalue weighted by Gasteiger charge is 2.24. The maximum atomic E-state index is 13.2. The smallest absolute Gasteiger partial charge is 0.269 e. The summed E-state index contributed by atoms with van der Waals surface area (Å²) in [5, 5.41) is 11.1. The van der Waals surface area contributed by atoms with Gasteiger partial charge in [-0.25, -0.2) is 0 Å². The number of furan rings is 1. The number of rotatable bonds is 8. The Bertz CT molecular complexity index is 876. The second-order valence-corrected chi connectivity index (χ2v) is 7.44. The second-order valence-electron chi connectivity index (χ2n) is 7.44. The number of likely N-dealkylation sites (N-methyl/N-ethyl adjacent to an activating group) is 1. The van der Waals surface area contributed by atoms with E-state index >= 15 is 0 Å². The van der Waals surface area contributed by atoms with Crippen molar-refractivity contribution in [2.45, 2.75) is 45.2 Å². The molecule has 0 saturated heterocycles. The Labute approximate surface area is 170 Å². The molecule has 0 bridgehead atoms. The lowest BCUT2D eigenvalue weighted by Gasteiger charge is -2.31. The van der Waals surface area contributed by atoms with Crippen molar-refractivity contribution in [2.75, 3.05) is 13.6 Å². The van der Waals surface area contributed by atoms with Crippen molar-refractivity contribution < 1.29 is 14.1 Å². The summed E-state index contributed by atoms with van der Waals surface area (Å²) < 4.78 is 5.46. The first-order valence-corrected chi connectivity index (χ1v) is 9.92. The average Bonchev–Trinajstić information content (AvgIpc) is 3.25. The van der Waals surface area contributed by atoms with Crippen LogP contribution in [0.1, 0.15) is 50.0 Å². The molecule has 1 amide bonds. The molecule has 7 heteroatoms. The van der Waals surface area contributed by atoms with E-state index in [0.717, 1.165) is 42.7 Å². The maximum Gasteiger partial charge on any atom is 0.269 e. The molecule has 1 aliphatic carbocycles. The van der Waals surface area contributed by atoms with Crippen LogP contribution in [0.15, 0.2) is 58.9 Å². The lowest BCUT2D eigenvalue weighted by atomic mass is 10.0. The summed E-state index contributed by atoms with van der Waals surface area (Å²) in [4.78, 5) is 27.6. The summed E-state index contributed by atoms with van der Waals surface area (Å²) in [6.07, 6.45) is 7.86. The molecule has 0 saturated carbocycles. The van der Waals surface area contributed by atoms with Gasteiger partial charge in [-0.2, -0.15) is 0 Å². The lowest BCUT2D eigenvalue weighted by molar-refractivity contribution is -0.384. The zero-order chi connectivity index (χ0) is 20.8. The number of non-ortho nitro benzene ring substituents is 1. The van der Waals surface area contributed by atoms with Crippen LogP contribution in [0.4, 0.5) is 5.69 Å². The molecule has 154 valence electrons. The fourth-order valence-corrected chi connectivity index (χ4v) is 3.56. The van der Waals surface area contributed by atoms with E-state index in [-0.39, 0.29) is 24.2 Å². The van der Waals surface area contributed by atoms with Gasteiger partial charge in [-0.05, 0) is 57.4 Å². The average molecular weight is 397 g/mol. The number of benzene rings is 1. The first kappa shape index (κ1) is 20.8. The molecule has 1 aliphatic rings. The molecule has 1 aromatic heterocycles. The molecular weight excluding hydrogens is 370 g/mol. The van der Waals surface area contributed by atoms with Crippen LogP contribution >= 0.6 is 0 Å². The minimum Gasteiger partial charge on any atom is -0.467 e. The number of nitrogens with zero attached hydrogens (tertiary/aromatic N) is 3. The molecule has 0 radical (unpaired) electrons. The molecule has 1 atom stereocenters. The summed E-state index contributed by atoms with van der Waals surface area (Å²) in [7, 11) is 1.86. The van der Waals surface area contributed by atoms with Crippen LogP contribution < -0.4 is 0 Å². The summed E-state index contributed by atoms with van der Waals surface area (Å²) in [6, 6.07) is 10.1. The summed E-state index contributed by atoms with van der Waals surface area (Å²) in [5.74, 6) is 0.744. The summed E-state index contributed by atoms with van der Waals surface area (Å²) in [6.45, 7) is 2.57. The second kappa shape index (κ2) is 9.52. The van der Waals surface area contributed by atoms with Crippen molar-refractivity contribution in [3.63, 3.8) is 0 Å².